The van der Waals surface area contributed by atoms with E-state index in [0.29, 0.717) is 18.4 Å². The molecule has 172 valence electrons. The predicted molar refractivity (Wildman–Crippen MR) is 134 cm³/mol. The summed E-state index contributed by atoms with van der Waals surface area (Å²) in [5, 5.41) is 2.01. The van der Waals surface area contributed by atoms with Gasteiger partial charge in [-0.25, -0.2) is 4.99 Å². The van der Waals surface area contributed by atoms with Crippen LogP contribution in [0.15, 0.2) is 45.6 Å². The molecule has 1 unspecified atom stereocenters. The number of anilines is 1. The van der Waals surface area contributed by atoms with E-state index in [0.717, 1.165) is 55.3 Å². The Morgan fingerprint density at radius 3 is 2.94 bits per heavy atom. The maximum Gasteiger partial charge on any atom is 0.323 e. The number of thioether (sulfide) groups is 1. The molecular weight excluding hydrogens is 440 g/mol. The topological polar surface area (TPSA) is 71.2 Å². The lowest BCUT2D eigenvalue weighted by atomic mass is 10.2. The van der Waals surface area contributed by atoms with Gasteiger partial charge in [-0.05, 0) is 54.9 Å². The highest BCUT2D eigenvalue weighted by Gasteiger charge is 2.32. The molecular formula is C24H32N4O2S2. The van der Waals surface area contributed by atoms with Gasteiger partial charge in [-0.1, -0.05) is 19.9 Å². The van der Waals surface area contributed by atoms with Crippen molar-refractivity contribution in [2.45, 2.75) is 37.6 Å². The maximum absolute atomic E-state index is 12.5. The Kier molecular flexibility index (Phi) is 7.75. The third-order valence-electron chi connectivity index (χ3n) is 5.78. The van der Waals surface area contributed by atoms with E-state index in [1.54, 1.807) is 11.3 Å². The number of esters is 1. The zero-order valence-corrected chi connectivity index (χ0v) is 20.5. The molecule has 1 aromatic heterocycles. The third-order valence-corrected chi connectivity index (χ3v) is 7.69. The number of benzene rings is 1. The van der Waals surface area contributed by atoms with Gasteiger partial charge in [0.25, 0.3) is 0 Å². The Morgan fingerprint density at radius 2 is 2.16 bits per heavy atom. The molecule has 2 aromatic rings. The second-order valence-electron chi connectivity index (χ2n) is 8.68. The van der Waals surface area contributed by atoms with Crippen LogP contribution in [0.2, 0.25) is 0 Å². The van der Waals surface area contributed by atoms with Crippen molar-refractivity contribution < 1.29 is 9.53 Å². The van der Waals surface area contributed by atoms with Crippen LogP contribution >= 0.6 is 23.1 Å². The lowest BCUT2D eigenvalue weighted by Crippen LogP contribution is -2.43. The van der Waals surface area contributed by atoms with Crippen molar-refractivity contribution in [2.75, 3.05) is 43.4 Å². The molecule has 1 fully saturated rings. The van der Waals surface area contributed by atoms with Crippen molar-refractivity contribution >= 4 is 46.3 Å². The van der Waals surface area contributed by atoms with Gasteiger partial charge < -0.3 is 15.4 Å². The number of nitrogens with two attached hydrogens (primary N) is 1. The van der Waals surface area contributed by atoms with Crippen LogP contribution in [0.1, 0.15) is 31.6 Å². The Bertz CT molecular complexity index is 945. The van der Waals surface area contributed by atoms with Crippen LogP contribution in [0.4, 0.5) is 11.4 Å². The van der Waals surface area contributed by atoms with E-state index >= 15 is 0 Å². The summed E-state index contributed by atoms with van der Waals surface area (Å²) in [6, 6.07) is 10.2. The van der Waals surface area contributed by atoms with Crippen LogP contribution in [0, 0.1) is 5.92 Å². The molecule has 32 heavy (non-hydrogen) atoms. The lowest BCUT2D eigenvalue weighted by molar-refractivity contribution is -0.150. The third kappa shape index (κ3) is 5.66. The molecule has 1 atom stereocenters. The molecule has 1 aromatic carbocycles. The highest BCUT2D eigenvalue weighted by atomic mass is 32.2. The summed E-state index contributed by atoms with van der Waals surface area (Å²) < 4.78 is 5.52. The van der Waals surface area contributed by atoms with Crippen LogP contribution in [0.5, 0.6) is 0 Å². The first-order valence-electron chi connectivity index (χ1n) is 11.3. The van der Waals surface area contributed by atoms with E-state index in [1.807, 2.05) is 35.3 Å². The molecule has 3 heterocycles. The van der Waals surface area contributed by atoms with Gasteiger partial charge in [0.2, 0.25) is 0 Å². The fourth-order valence-electron chi connectivity index (χ4n) is 4.14. The van der Waals surface area contributed by atoms with Crippen molar-refractivity contribution in [1.29, 1.82) is 0 Å². The molecule has 2 aliphatic rings. The molecule has 0 bridgehead atoms. The number of fused-ring (bicyclic) bond motifs is 1. The first-order valence-corrected chi connectivity index (χ1v) is 13.2. The van der Waals surface area contributed by atoms with Gasteiger partial charge in [-0.2, -0.15) is 0 Å². The SMILES string of the molecule is CC(C)COC(=O)C1CCCN1CCN1CCSc2cc(N=C(N)c3cccs3)ccc21. The molecule has 2 N–H and O–H groups in total. The predicted octanol–water partition coefficient (Wildman–Crippen LogP) is 4.36. The molecule has 8 heteroatoms. The van der Waals surface area contributed by atoms with E-state index in [1.165, 1.54) is 10.6 Å². The van der Waals surface area contributed by atoms with E-state index in [2.05, 4.69) is 40.8 Å². The van der Waals surface area contributed by atoms with Crippen molar-refractivity contribution in [1.82, 2.24) is 4.90 Å². The molecule has 0 saturated carbocycles. The summed E-state index contributed by atoms with van der Waals surface area (Å²) in [4.78, 5) is 24.1. The summed E-state index contributed by atoms with van der Waals surface area (Å²) in [5.41, 5.74) is 8.30. The van der Waals surface area contributed by atoms with Crippen molar-refractivity contribution in [3.05, 3.63) is 40.6 Å². The minimum Gasteiger partial charge on any atom is -0.464 e. The van der Waals surface area contributed by atoms with E-state index in [-0.39, 0.29) is 12.0 Å². The van der Waals surface area contributed by atoms with Crippen LogP contribution < -0.4 is 10.6 Å². The second kappa shape index (κ2) is 10.7. The minimum absolute atomic E-state index is 0.0587. The molecule has 4 rings (SSSR count). The first kappa shape index (κ1) is 23.1. The number of rotatable bonds is 8. The minimum atomic E-state index is -0.0932. The number of carbonyl (C=O) groups excluding carboxylic acids is 1. The van der Waals surface area contributed by atoms with Gasteiger partial charge in [-0.15, -0.1) is 23.1 Å². The van der Waals surface area contributed by atoms with Crippen LogP contribution in [-0.4, -0.2) is 61.3 Å². The number of likely N-dealkylation sites (tertiary alicyclic amines) is 1. The Balaban J connectivity index is 1.39. The summed E-state index contributed by atoms with van der Waals surface area (Å²) in [6.45, 7) is 8.39. The number of nitrogens with zero attached hydrogens (tertiary/aromatic N) is 3. The number of thiophene rings is 1. The Hall–Kier alpha value is -2.03. The van der Waals surface area contributed by atoms with Gasteiger partial charge >= 0.3 is 5.97 Å². The summed E-state index contributed by atoms with van der Waals surface area (Å²) in [6.07, 6.45) is 1.96. The number of hydrogen-bond donors (Lipinski definition) is 1. The molecule has 0 amide bonds. The van der Waals surface area contributed by atoms with E-state index in [9.17, 15) is 4.79 Å². The number of carbonyl (C=O) groups is 1. The first-order chi connectivity index (χ1) is 15.5. The van der Waals surface area contributed by atoms with Crippen molar-refractivity contribution in [3.63, 3.8) is 0 Å². The van der Waals surface area contributed by atoms with Gasteiger partial charge in [0.05, 0.1) is 22.9 Å². The normalized spacial score (nSPS) is 19.4. The monoisotopic (exact) mass is 472 g/mol. The zero-order chi connectivity index (χ0) is 22.5. The standard InChI is InChI=1S/C24H32N4O2S2/c1-17(2)16-30-24(29)20-5-3-9-27(20)10-11-28-12-14-32-22-15-18(7-8-19(22)28)26-23(25)21-6-4-13-31-21/h4,6-8,13,15,17,20H,3,5,9-12,14,16H2,1-2H3,(H2,25,26). The average Bonchev–Trinajstić information content (AvgIpc) is 3.48. The molecule has 0 aliphatic carbocycles. The fourth-order valence-corrected chi connectivity index (χ4v) is 5.85. The summed E-state index contributed by atoms with van der Waals surface area (Å²) in [5.74, 6) is 1.91. The number of ether oxygens (including phenoxy) is 1. The van der Waals surface area contributed by atoms with Crippen LogP contribution in [-0.2, 0) is 9.53 Å². The van der Waals surface area contributed by atoms with Gasteiger partial charge in [0.15, 0.2) is 0 Å². The fraction of sp³-hybridized carbons (Fsp3) is 0.500. The van der Waals surface area contributed by atoms with Gasteiger partial charge in [0, 0.05) is 30.3 Å². The van der Waals surface area contributed by atoms with E-state index in [4.69, 9.17) is 10.5 Å². The zero-order valence-electron chi connectivity index (χ0n) is 18.8. The molecule has 1 saturated heterocycles. The lowest BCUT2D eigenvalue weighted by Gasteiger charge is -2.33. The highest BCUT2D eigenvalue weighted by Crippen LogP contribution is 2.37. The Morgan fingerprint density at radius 1 is 1.28 bits per heavy atom. The second-order valence-corrected chi connectivity index (χ2v) is 10.8. The number of aliphatic imine (C=N–C) groups is 1. The van der Waals surface area contributed by atoms with Crippen LogP contribution in [0.3, 0.4) is 0 Å². The van der Waals surface area contributed by atoms with Crippen LogP contribution in [0.25, 0.3) is 0 Å². The van der Waals surface area contributed by atoms with Crippen molar-refractivity contribution in [2.24, 2.45) is 16.6 Å². The largest absolute Gasteiger partial charge is 0.464 e. The molecule has 0 radical (unpaired) electrons. The number of amidine groups is 1. The summed E-state index contributed by atoms with van der Waals surface area (Å²) >= 11 is 3.46. The maximum atomic E-state index is 12.5. The van der Waals surface area contributed by atoms with Gasteiger partial charge in [0.1, 0.15) is 11.9 Å². The van der Waals surface area contributed by atoms with Gasteiger partial charge in [-0.3, -0.25) is 9.69 Å². The highest BCUT2D eigenvalue weighted by molar-refractivity contribution is 7.99. The Labute approximate surface area is 198 Å². The van der Waals surface area contributed by atoms with E-state index < -0.39 is 0 Å². The molecule has 2 aliphatic heterocycles. The molecule has 6 nitrogen and oxygen atoms in total. The smallest absolute Gasteiger partial charge is 0.323 e. The summed E-state index contributed by atoms with van der Waals surface area (Å²) in [7, 11) is 0. The average molecular weight is 473 g/mol. The van der Waals surface area contributed by atoms with Crippen molar-refractivity contribution in [3.8, 4) is 0 Å². The quantitative estimate of drug-likeness (QED) is 0.350. The molecule has 0 spiro atoms. The number of hydrogen-bond acceptors (Lipinski definition) is 7.